The molecule has 11 heteroatoms. The van der Waals surface area contributed by atoms with Gasteiger partial charge in [-0.15, -0.1) is 11.3 Å². The first-order valence-electron chi connectivity index (χ1n) is 10.8. The van der Waals surface area contributed by atoms with Crippen molar-refractivity contribution >= 4 is 38.8 Å². The summed E-state index contributed by atoms with van der Waals surface area (Å²) in [6.45, 7) is 0.641. The lowest BCUT2D eigenvalue weighted by Gasteiger charge is -2.55. The Balaban J connectivity index is 1.20. The molecule has 2 aliphatic heterocycles. The van der Waals surface area contributed by atoms with E-state index >= 15 is 0 Å². The van der Waals surface area contributed by atoms with Gasteiger partial charge in [-0.05, 0) is 49.1 Å². The summed E-state index contributed by atoms with van der Waals surface area (Å²) in [6.07, 6.45) is 0.143. The molecule has 0 unspecified atom stereocenters. The minimum absolute atomic E-state index is 0.0292. The largest absolute Gasteiger partial charge is 0.489 e. The van der Waals surface area contributed by atoms with Crippen LogP contribution in [-0.2, 0) is 16.6 Å². The van der Waals surface area contributed by atoms with Gasteiger partial charge in [0.15, 0.2) is 5.82 Å². The highest BCUT2D eigenvalue weighted by Crippen LogP contribution is 2.42. The number of halogens is 3. The number of sulfonamides is 1. The number of alkyl halides is 2. The van der Waals surface area contributed by atoms with Crippen molar-refractivity contribution in [1.29, 1.82) is 0 Å². The van der Waals surface area contributed by atoms with Gasteiger partial charge in [0, 0.05) is 29.6 Å². The van der Waals surface area contributed by atoms with Gasteiger partial charge in [0.2, 0.25) is 0 Å². The van der Waals surface area contributed by atoms with E-state index in [4.69, 9.17) is 16.3 Å². The first-order chi connectivity index (χ1) is 16.3. The van der Waals surface area contributed by atoms with E-state index in [1.165, 1.54) is 35.0 Å². The van der Waals surface area contributed by atoms with Crippen molar-refractivity contribution in [1.82, 2.24) is 9.88 Å². The standard InChI is InChI=1S/C23H22ClF2N3O3S2/c24-20-10-19(34(30,31)28-22-12-33-13-27-22)4-5-21(20)32-18-8-16-7-17(9-18)29(16)11-14-2-1-3-15(6-14)23(25)26/h1-6,10,12-13,16-18,23,28H,7-9,11H2/t16-,17+,18-. The molecule has 3 aliphatic rings. The maximum absolute atomic E-state index is 13.0. The molecular weight excluding hydrogens is 504 g/mol. The number of hydrogen-bond acceptors (Lipinski definition) is 6. The topological polar surface area (TPSA) is 71.5 Å². The predicted molar refractivity (Wildman–Crippen MR) is 127 cm³/mol. The van der Waals surface area contributed by atoms with Crippen LogP contribution in [0.2, 0.25) is 5.02 Å². The lowest BCUT2D eigenvalue weighted by atomic mass is 9.77. The summed E-state index contributed by atoms with van der Waals surface area (Å²) in [5.74, 6) is 0.699. The van der Waals surface area contributed by atoms with Crippen LogP contribution in [0.3, 0.4) is 0 Å². The normalized spacial score (nSPS) is 22.4. The number of anilines is 1. The Morgan fingerprint density at radius 1 is 1.18 bits per heavy atom. The summed E-state index contributed by atoms with van der Waals surface area (Å²) in [5.41, 5.74) is 2.47. The molecule has 3 heterocycles. The first-order valence-corrected chi connectivity index (χ1v) is 13.6. The molecule has 180 valence electrons. The van der Waals surface area contributed by atoms with E-state index in [1.807, 2.05) is 6.07 Å². The minimum atomic E-state index is -3.80. The van der Waals surface area contributed by atoms with Crippen LogP contribution in [0.5, 0.6) is 5.75 Å². The van der Waals surface area contributed by atoms with Crippen LogP contribution in [0.1, 0.15) is 36.8 Å². The van der Waals surface area contributed by atoms with Crippen LogP contribution in [0.25, 0.3) is 0 Å². The molecule has 2 bridgehead atoms. The first kappa shape index (κ1) is 23.5. The summed E-state index contributed by atoms with van der Waals surface area (Å²) in [5, 5.41) is 1.82. The van der Waals surface area contributed by atoms with E-state index < -0.39 is 16.4 Å². The molecule has 2 saturated heterocycles. The van der Waals surface area contributed by atoms with Crippen molar-refractivity contribution in [2.75, 3.05) is 4.72 Å². The quantitative estimate of drug-likeness (QED) is 0.407. The fraction of sp³-hybridized carbons (Fsp3) is 0.348. The second-order valence-corrected chi connectivity index (χ2v) is 11.4. The molecule has 3 fully saturated rings. The maximum Gasteiger partial charge on any atom is 0.263 e. The monoisotopic (exact) mass is 525 g/mol. The van der Waals surface area contributed by atoms with Crippen LogP contribution in [-0.4, -0.2) is 36.5 Å². The lowest BCUT2D eigenvalue weighted by molar-refractivity contribution is -0.0790. The summed E-state index contributed by atoms with van der Waals surface area (Å²) in [4.78, 5) is 6.30. The van der Waals surface area contributed by atoms with Crippen molar-refractivity contribution in [3.8, 4) is 5.75 Å². The molecule has 1 saturated carbocycles. The van der Waals surface area contributed by atoms with E-state index in [0.717, 1.165) is 24.8 Å². The summed E-state index contributed by atoms with van der Waals surface area (Å²) in [7, 11) is -3.80. The number of aromatic nitrogens is 1. The summed E-state index contributed by atoms with van der Waals surface area (Å²) < 4.78 is 59.6. The third-order valence-corrected chi connectivity index (χ3v) is 8.53. The number of rotatable bonds is 8. The molecule has 3 atom stereocenters. The molecule has 0 radical (unpaired) electrons. The van der Waals surface area contributed by atoms with Gasteiger partial charge in [-0.3, -0.25) is 9.62 Å². The number of hydrogen-bond donors (Lipinski definition) is 1. The van der Waals surface area contributed by atoms with Crippen LogP contribution in [0, 0.1) is 0 Å². The molecule has 0 amide bonds. The molecular formula is C23H22ClF2N3O3S2. The Hall–Kier alpha value is -2.27. The maximum atomic E-state index is 13.0. The average Bonchev–Trinajstić information content (AvgIpc) is 3.31. The Morgan fingerprint density at radius 2 is 1.97 bits per heavy atom. The predicted octanol–water partition coefficient (Wildman–Crippen LogP) is 5.72. The summed E-state index contributed by atoms with van der Waals surface area (Å²) >= 11 is 7.65. The number of thiazole rings is 1. The van der Waals surface area contributed by atoms with E-state index in [2.05, 4.69) is 14.6 Å². The molecule has 6 rings (SSSR count). The van der Waals surface area contributed by atoms with Crippen molar-refractivity contribution in [3.05, 3.63) is 69.5 Å². The van der Waals surface area contributed by atoms with Crippen molar-refractivity contribution in [2.24, 2.45) is 0 Å². The number of ether oxygens (including phenoxy) is 1. The van der Waals surface area contributed by atoms with Gasteiger partial charge in [0.05, 0.1) is 15.4 Å². The fourth-order valence-electron chi connectivity index (χ4n) is 4.69. The van der Waals surface area contributed by atoms with E-state index in [0.29, 0.717) is 24.4 Å². The van der Waals surface area contributed by atoms with Crippen LogP contribution in [0.15, 0.2) is 58.3 Å². The van der Waals surface area contributed by atoms with Gasteiger partial charge in [0.25, 0.3) is 16.4 Å². The zero-order valence-electron chi connectivity index (χ0n) is 17.9. The fourth-order valence-corrected chi connectivity index (χ4v) is 6.56. The van der Waals surface area contributed by atoms with E-state index in [1.54, 1.807) is 23.6 Å². The molecule has 0 spiro atoms. The van der Waals surface area contributed by atoms with Crippen LogP contribution >= 0.6 is 22.9 Å². The van der Waals surface area contributed by atoms with E-state index in [9.17, 15) is 17.2 Å². The Kier molecular flexibility index (Phi) is 6.49. The number of piperidine rings is 1. The van der Waals surface area contributed by atoms with Crippen LogP contribution < -0.4 is 9.46 Å². The van der Waals surface area contributed by atoms with Gasteiger partial charge in [-0.2, -0.15) is 0 Å². The zero-order valence-corrected chi connectivity index (χ0v) is 20.3. The smallest absolute Gasteiger partial charge is 0.263 e. The van der Waals surface area contributed by atoms with Crippen LogP contribution in [0.4, 0.5) is 14.6 Å². The van der Waals surface area contributed by atoms with E-state index in [-0.39, 0.29) is 27.4 Å². The number of nitrogens with zero attached hydrogens (tertiary/aromatic N) is 2. The van der Waals surface area contributed by atoms with Crippen molar-refractivity contribution in [3.63, 3.8) is 0 Å². The molecule has 34 heavy (non-hydrogen) atoms. The molecule has 2 aromatic carbocycles. The molecule has 6 nitrogen and oxygen atoms in total. The van der Waals surface area contributed by atoms with Gasteiger partial charge in [-0.25, -0.2) is 22.2 Å². The Morgan fingerprint density at radius 3 is 2.65 bits per heavy atom. The number of nitrogens with one attached hydrogen (secondary N) is 1. The molecule has 3 aromatic rings. The highest BCUT2D eigenvalue weighted by molar-refractivity contribution is 7.92. The third kappa shape index (κ3) is 4.91. The lowest BCUT2D eigenvalue weighted by Crippen LogP contribution is -2.62. The second kappa shape index (κ2) is 9.41. The molecule has 1 aliphatic carbocycles. The highest BCUT2D eigenvalue weighted by atomic mass is 35.5. The van der Waals surface area contributed by atoms with Gasteiger partial charge in [-0.1, -0.05) is 29.8 Å². The van der Waals surface area contributed by atoms with Gasteiger partial charge < -0.3 is 4.74 Å². The highest BCUT2D eigenvalue weighted by Gasteiger charge is 2.46. The van der Waals surface area contributed by atoms with Gasteiger partial charge >= 0.3 is 0 Å². The molecule has 1 N–H and O–H groups in total. The van der Waals surface area contributed by atoms with Crippen molar-refractivity contribution in [2.45, 2.75) is 55.3 Å². The second-order valence-electron chi connectivity index (χ2n) is 8.54. The zero-order chi connectivity index (χ0) is 23.9. The Bertz CT molecular complexity index is 1260. The summed E-state index contributed by atoms with van der Waals surface area (Å²) in [6, 6.07) is 11.6. The third-order valence-electron chi connectivity index (χ3n) is 6.30. The average molecular weight is 526 g/mol. The minimum Gasteiger partial charge on any atom is -0.489 e. The number of fused-ring (bicyclic) bond motifs is 2. The van der Waals surface area contributed by atoms with Gasteiger partial charge in [0.1, 0.15) is 11.9 Å². The molecule has 1 aromatic heterocycles. The number of benzene rings is 2. The SMILES string of the molecule is O=S(=O)(Nc1cscn1)c1ccc(O[C@H]2C[C@@H]3C[C@H](C2)N3Cc2cccc(C(F)F)c2)c(Cl)c1. The van der Waals surface area contributed by atoms with Crippen molar-refractivity contribution < 1.29 is 21.9 Å². The Labute approximate surface area is 205 Å².